The van der Waals surface area contributed by atoms with Crippen molar-refractivity contribution in [3.8, 4) is 0 Å². The third-order valence-electron chi connectivity index (χ3n) is 4.03. The number of nitrogens with zero attached hydrogens (tertiary/aromatic N) is 2. The largest absolute Gasteiger partial charge is 0.480 e. The van der Waals surface area contributed by atoms with Crippen LogP contribution in [-0.2, 0) is 11.2 Å². The zero-order valence-corrected chi connectivity index (χ0v) is 11.7. The molecule has 110 valence electrons. The molecule has 1 aliphatic heterocycles. The van der Waals surface area contributed by atoms with Crippen LogP contribution in [0, 0.1) is 0 Å². The number of rotatable bonds is 4. The number of para-hydroxylation sites is 1. The number of amides is 2. The summed E-state index contributed by atoms with van der Waals surface area (Å²) in [5.74, 6) is -0.964. The van der Waals surface area contributed by atoms with Crippen LogP contribution in [0.3, 0.4) is 0 Å². The topological polar surface area (TPSA) is 60.9 Å². The number of hydrogen-bond donors (Lipinski definition) is 1. The standard InChI is InChI=1S/C16H18N2O3/c1-2-9-17(12-7-8-12)16(21)18-13-6-4-3-5-11(13)10-14(18)15(19)20/h2-6,12,14H,1,7-10H2,(H,19,20)/t14-/m0/s1. The van der Waals surface area contributed by atoms with Gasteiger partial charge in [0, 0.05) is 24.7 Å². The highest BCUT2D eigenvalue weighted by Crippen LogP contribution is 2.35. The molecular weight excluding hydrogens is 268 g/mol. The van der Waals surface area contributed by atoms with Gasteiger partial charge in [-0.1, -0.05) is 24.3 Å². The van der Waals surface area contributed by atoms with Gasteiger partial charge in [0.25, 0.3) is 0 Å². The quantitative estimate of drug-likeness (QED) is 0.864. The Morgan fingerprint density at radius 1 is 1.38 bits per heavy atom. The molecule has 1 saturated carbocycles. The van der Waals surface area contributed by atoms with Crippen molar-refractivity contribution in [1.29, 1.82) is 0 Å². The lowest BCUT2D eigenvalue weighted by molar-refractivity contribution is -0.138. The van der Waals surface area contributed by atoms with Crippen molar-refractivity contribution in [3.05, 3.63) is 42.5 Å². The second kappa shape index (κ2) is 5.24. The molecular formula is C16H18N2O3. The molecule has 1 atom stereocenters. The lowest BCUT2D eigenvalue weighted by atomic mass is 10.1. The molecule has 1 aromatic carbocycles. The van der Waals surface area contributed by atoms with Gasteiger partial charge in [-0.25, -0.2) is 9.59 Å². The molecule has 1 heterocycles. The van der Waals surface area contributed by atoms with Crippen LogP contribution >= 0.6 is 0 Å². The molecule has 0 radical (unpaired) electrons. The van der Waals surface area contributed by atoms with Crippen molar-refractivity contribution in [2.75, 3.05) is 11.4 Å². The summed E-state index contributed by atoms with van der Waals surface area (Å²) in [6.45, 7) is 4.14. The number of fused-ring (bicyclic) bond motifs is 1. The SMILES string of the molecule is C=CCN(C(=O)N1c2ccccc2C[C@H]1C(=O)O)C1CC1. The van der Waals surface area contributed by atoms with Gasteiger partial charge in [0.1, 0.15) is 6.04 Å². The van der Waals surface area contributed by atoms with E-state index in [9.17, 15) is 14.7 Å². The molecule has 5 nitrogen and oxygen atoms in total. The zero-order chi connectivity index (χ0) is 15.0. The average Bonchev–Trinajstić information content (AvgIpc) is 3.23. The van der Waals surface area contributed by atoms with Gasteiger partial charge < -0.3 is 10.0 Å². The number of hydrogen-bond acceptors (Lipinski definition) is 2. The summed E-state index contributed by atoms with van der Waals surface area (Å²) >= 11 is 0. The molecule has 0 unspecified atom stereocenters. The monoisotopic (exact) mass is 286 g/mol. The molecule has 21 heavy (non-hydrogen) atoms. The number of carbonyl (C=O) groups is 2. The maximum absolute atomic E-state index is 12.8. The fourth-order valence-electron chi connectivity index (χ4n) is 2.87. The van der Waals surface area contributed by atoms with E-state index < -0.39 is 12.0 Å². The lowest BCUT2D eigenvalue weighted by Crippen LogP contribution is -2.50. The van der Waals surface area contributed by atoms with Crippen LogP contribution in [0.5, 0.6) is 0 Å². The highest BCUT2D eigenvalue weighted by atomic mass is 16.4. The number of carboxylic acids is 1. The molecule has 0 bridgehead atoms. The molecule has 1 aliphatic carbocycles. The van der Waals surface area contributed by atoms with Gasteiger partial charge in [-0.15, -0.1) is 6.58 Å². The number of carbonyl (C=O) groups excluding carboxylic acids is 1. The molecule has 1 aromatic rings. The summed E-state index contributed by atoms with van der Waals surface area (Å²) in [7, 11) is 0. The van der Waals surface area contributed by atoms with Crippen LogP contribution < -0.4 is 4.90 Å². The minimum Gasteiger partial charge on any atom is -0.480 e. The van der Waals surface area contributed by atoms with Crippen LogP contribution in [-0.4, -0.2) is 40.6 Å². The normalized spacial score (nSPS) is 20.0. The van der Waals surface area contributed by atoms with Crippen molar-refractivity contribution < 1.29 is 14.7 Å². The van der Waals surface area contributed by atoms with E-state index in [1.807, 2.05) is 24.3 Å². The minimum atomic E-state index is -0.964. The van der Waals surface area contributed by atoms with Crippen LogP contribution in [0.4, 0.5) is 10.5 Å². The molecule has 1 N–H and O–H groups in total. The summed E-state index contributed by atoms with van der Waals surface area (Å²) in [4.78, 5) is 27.5. The fourth-order valence-corrected chi connectivity index (χ4v) is 2.87. The van der Waals surface area contributed by atoms with E-state index in [1.165, 1.54) is 4.90 Å². The van der Waals surface area contributed by atoms with Crippen LogP contribution in [0.15, 0.2) is 36.9 Å². The highest BCUT2D eigenvalue weighted by Gasteiger charge is 2.43. The predicted molar refractivity (Wildman–Crippen MR) is 79.4 cm³/mol. The summed E-state index contributed by atoms with van der Waals surface area (Å²) in [5.41, 5.74) is 1.62. The smallest absolute Gasteiger partial charge is 0.327 e. The van der Waals surface area contributed by atoms with E-state index in [4.69, 9.17) is 0 Å². The van der Waals surface area contributed by atoms with Gasteiger partial charge in [0.2, 0.25) is 0 Å². The molecule has 0 aromatic heterocycles. The first kappa shape index (κ1) is 13.7. The van der Waals surface area contributed by atoms with Crippen LogP contribution in [0.1, 0.15) is 18.4 Å². The summed E-state index contributed by atoms with van der Waals surface area (Å²) < 4.78 is 0. The third-order valence-corrected chi connectivity index (χ3v) is 4.03. The zero-order valence-electron chi connectivity index (χ0n) is 11.7. The van der Waals surface area contributed by atoms with E-state index in [2.05, 4.69) is 6.58 Å². The van der Waals surface area contributed by atoms with E-state index in [-0.39, 0.29) is 12.1 Å². The second-order valence-electron chi connectivity index (χ2n) is 5.51. The van der Waals surface area contributed by atoms with Gasteiger partial charge in [0.05, 0.1) is 0 Å². The number of benzene rings is 1. The maximum atomic E-state index is 12.8. The first-order chi connectivity index (χ1) is 10.1. The Morgan fingerprint density at radius 2 is 2.10 bits per heavy atom. The van der Waals surface area contributed by atoms with Gasteiger partial charge in [-0.05, 0) is 24.5 Å². The Balaban J connectivity index is 1.94. The van der Waals surface area contributed by atoms with Crippen LogP contribution in [0.25, 0.3) is 0 Å². The average molecular weight is 286 g/mol. The Hall–Kier alpha value is -2.30. The van der Waals surface area contributed by atoms with Crippen molar-refractivity contribution in [1.82, 2.24) is 4.90 Å². The first-order valence-corrected chi connectivity index (χ1v) is 7.15. The molecule has 0 saturated heterocycles. The second-order valence-corrected chi connectivity index (χ2v) is 5.51. The maximum Gasteiger partial charge on any atom is 0.327 e. The van der Waals surface area contributed by atoms with Gasteiger partial charge in [-0.2, -0.15) is 0 Å². The molecule has 5 heteroatoms. The van der Waals surface area contributed by atoms with Crippen molar-refractivity contribution in [3.63, 3.8) is 0 Å². The van der Waals surface area contributed by atoms with Gasteiger partial charge >= 0.3 is 12.0 Å². The van der Waals surface area contributed by atoms with E-state index in [0.29, 0.717) is 18.7 Å². The lowest BCUT2D eigenvalue weighted by Gasteiger charge is -2.30. The van der Waals surface area contributed by atoms with Crippen molar-refractivity contribution in [2.24, 2.45) is 0 Å². The Labute approximate surface area is 123 Å². The Kier molecular flexibility index (Phi) is 3.41. The summed E-state index contributed by atoms with van der Waals surface area (Å²) in [5, 5.41) is 9.44. The number of carboxylic acid groups (broad SMARTS) is 1. The van der Waals surface area contributed by atoms with Crippen LogP contribution in [0.2, 0.25) is 0 Å². The minimum absolute atomic E-state index is 0.220. The molecule has 1 fully saturated rings. The number of anilines is 1. The molecule has 2 amide bonds. The molecule has 2 aliphatic rings. The number of aliphatic carboxylic acids is 1. The molecule has 3 rings (SSSR count). The van der Waals surface area contributed by atoms with E-state index in [1.54, 1.807) is 11.0 Å². The highest BCUT2D eigenvalue weighted by molar-refractivity contribution is 6.01. The van der Waals surface area contributed by atoms with Gasteiger partial charge in [-0.3, -0.25) is 4.90 Å². The van der Waals surface area contributed by atoms with E-state index >= 15 is 0 Å². The molecule has 0 spiro atoms. The third kappa shape index (κ3) is 2.39. The Morgan fingerprint density at radius 3 is 2.71 bits per heavy atom. The number of urea groups is 1. The summed E-state index contributed by atoms with van der Waals surface area (Å²) in [6, 6.07) is 6.57. The fraction of sp³-hybridized carbons (Fsp3) is 0.375. The Bertz CT molecular complexity index is 595. The van der Waals surface area contributed by atoms with E-state index in [0.717, 1.165) is 18.4 Å². The van der Waals surface area contributed by atoms with Crippen molar-refractivity contribution >= 4 is 17.7 Å². The van der Waals surface area contributed by atoms with Crippen molar-refractivity contribution in [2.45, 2.75) is 31.3 Å². The van der Waals surface area contributed by atoms with Gasteiger partial charge in [0.15, 0.2) is 0 Å². The predicted octanol–water partition coefficient (Wildman–Crippen LogP) is 2.27. The summed E-state index contributed by atoms with van der Waals surface area (Å²) in [6.07, 6.45) is 4.01. The first-order valence-electron chi connectivity index (χ1n) is 7.15.